The molecule has 4 unspecified atom stereocenters. The standard InChI is InChI=1S/C29H42N8O6Si/c1-8-41-21(38)14-19-20(15-31-27(39)30-5)42-26(23(19)43-44(6,7)29(2,3)4)37-17-34-22-24(32-16-33-25(22)37)36-28(40)35-18-12-10-9-11-13-18/h9-13,16-17,19-20,23,26H,8,14-15H2,1-7H3,(H2,30,31,39)(H2,32,33,35,36,40). The smallest absolute Gasteiger partial charge is 0.324 e. The molecule has 3 heterocycles. The van der Waals surface area contributed by atoms with E-state index in [9.17, 15) is 14.4 Å². The number of rotatable bonds is 10. The van der Waals surface area contributed by atoms with Crippen molar-refractivity contribution in [2.45, 2.75) is 70.7 Å². The molecular formula is C29H42N8O6Si. The van der Waals surface area contributed by atoms with E-state index in [0.29, 0.717) is 16.9 Å². The number of hydrogen-bond acceptors (Lipinski definition) is 9. The van der Waals surface area contributed by atoms with Gasteiger partial charge in [0.05, 0.1) is 31.6 Å². The van der Waals surface area contributed by atoms with Gasteiger partial charge in [0.1, 0.15) is 6.33 Å². The minimum absolute atomic E-state index is 0.0256. The Balaban J connectivity index is 1.71. The lowest BCUT2D eigenvalue weighted by atomic mass is 9.94. The van der Waals surface area contributed by atoms with Crippen molar-refractivity contribution in [2.24, 2.45) is 5.92 Å². The lowest BCUT2D eigenvalue weighted by Gasteiger charge is -2.40. The Morgan fingerprint density at radius 3 is 2.43 bits per heavy atom. The number of nitrogens with one attached hydrogen (secondary N) is 4. The van der Waals surface area contributed by atoms with E-state index in [1.165, 1.54) is 13.4 Å². The number of amides is 4. The van der Waals surface area contributed by atoms with E-state index in [1.807, 2.05) is 18.2 Å². The largest absolute Gasteiger partial charge is 0.466 e. The van der Waals surface area contributed by atoms with Crippen LogP contribution in [0.4, 0.5) is 21.1 Å². The van der Waals surface area contributed by atoms with Gasteiger partial charge in [-0.15, -0.1) is 0 Å². The Hall–Kier alpha value is -4.08. The number of nitrogens with zero attached hydrogens (tertiary/aromatic N) is 4. The monoisotopic (exact) mass is 626 g/mol. The van der Waals surface area contributed by atoms with Crippen LogP contribution in [0.3, 0.4) is 0 Å². The fourth-order valence-electron chi connectivity index (χ4n) is 4.73. The van der Waals surface area contributed by atoms with Crippen molar-refractivity contribution in [3.63, 3.8) is 0 Å². The Morgan fingerprint density at radius 1 is 1.05 bits per heavy atom. The number of imidazole rings is 1. The number of urea groups is 2. The molecule has 4 N–H and O–H groups in total. The number of anilines is 2. The molecule has 238 valence electrons. The molecule has 1 aromatic carbocycles. The van der Waals surface area contributed by atoms with Crippen LogP contribution in [0.5, 0.6) is 0 Å². The van der Waals surface area contributed by atoms with E-state index in [-0.39, 0.29) is 42.4 Å². The summed E-state index contributed by atoms with van der Waals surface area (Å²) in [6.07, 6.45) is 0.954. The maximum Gasteiger partial charge on any atom is 0.324 e. The third kappa shape index (κ3) is 7.52. The molecule has 0 spiro atoms. The van der Waals surface area contributed by atoms with Gasteiger partial charge in [-0.05, 0) is 37.2 Å². The number of aromatic nitrogens is 4. The summed E-state index contributed by atoms with van der Waals surface area (Å²) in [5, 5.41) is 10.7. The van der Waals surface area contributed by atoms with E-state index >= 15 is 0 Å². The molecule has 14 nitrogen and oxygen atoms in total. The quantitative estimate of drug-likeness (QED) is 0.190. The predicted molar refractivity (Wildman–Crippen MR) is 168 cm³/mol. The summed E-state index contributed by atoms with van der Waals surface area (Å²) in [5.74, 6) is -0.633. The molecule has 0 aliphatic carbocycles. The number of hydrogen-bond donors (Lipinski definition) is 4. The predicted octanol–water partition coefficient (Wildman–Crippen LogP) is 4.26. The van der Waals surface area contributed by atoms with Crippen molar-refractivity contribution in [3.8, 4) is 0 Å². The Morgan fingerprint density at radius 2 is 1.77 bits per heavy atom. The number of benzene rings is 1. The number of esters is 1. The van der Waals surface area contributed by atoms with E-state index in [0.717, 1.165) is 0 Å². The van der Waals surface area contributed by atoms with Crippen LogP contribution in [0.25, 0.3) is 11.2 Å². The minimum atomic E-state index is -2.42. The summed E-state index contributed by atoms with van der Waals surface area (Å²) in [5.41, 5.74) is 1.37. The molecule has 1 aliphatic rings. The number of ether oxygens (including phenoxy) is 2. The first-order valence-electron chi connectivity index (χ1n) is 14.6. The highest BCUT2D eigenvalue weighted by atomic mass is 28.4. The summed E-state index contributed by atoms with van der Waals surface area (Å²) in [6, 6.07) is 8.16. The van der Waals surface area contributed by atoms with Crippen LogP contribution >= 0.6 is 0 Å². The molecule has 4 rings (SSSR count). The molecule has 1 aliphatic heterocycles. The summed E-state index contributed by atoms with van der Waals surface area (Å²) in [7, 11) is -0.894. The highest BCUT2D eigenvalue weighted by Crippen LogP contribution is 2.45. The zero-order valence-corrected chi connectivity index (χ0v) is 27.2. The number of carbonyl (C=O) groups is 3. The highest BCUT2D eigenvalue weighted by Gasteiger charge is 2.51. The van der Waals surface area contributed by atoms with Crippen molar-refractivity contribution in [3.05, 3.63) is 43.0 Å². The summed E-state index contributed by atoms with van der Waals surface area (Å²) >= 11 is 0. The van der Waals surface area contributed by atoms with Gasteiger partial charge in [0.25, 0.3) is 0 Å². The van der Waals surface area contributed by atoms with Gasteiger partial charge in [-0.2, -0.15) is 0 Å². The summed E-state index contributed by atoms with van der Waals surface area (Å²) in [4.78, 5) is 50.9. The molecule has 15 heteroatoms. The molecular weight excluding hydrogens is 584 g/mol. The first-order valence-corrected chi connectivity index (χ1v) is 17.5. The van der Waals surface area contributed by atoms with E-state index in [2.05, 4.69) is 70.1 Å². The normalized spacial score (nSPS) is 20.2. The lowest BCUT2D eigenvalue weighted by Crippen LogP contribution is -2.48. The van der Waals surface area contributed by atoms with E-state index < -0.39 is 38.7 Å². The second-order valence-electron chi connectivity index (χ2n) is 12.0. The molecule has 2 aromatic heterocycles. The fraction of sp³-hybridized carbons (Fsp3) is 0.517. The molecule has 1 fully saturated rings. The van der Waals surface area contributed by atoms with Crippen molar-refractivity contribution in [2.75, 3.05) is 30.8 Å². The van der Waals surface area contributed by atoms with Crippen molar-refractivity contribution in [1.29, 1.82) is 0 Å². The zero-order valence-electron chi connectivity index (χ0n) is 26.2. The van der Waals surface area contributed by atoms with Crippen LogP contribution < -0.4 is 21.3 Å². The first-order chi connectivity index (χ1) is 20.8. The fourth-order valence-corrected chi connectivity index (χ4v) is 6.05. The van der Waals surface area contributed by atoms with Gasteiger partial charge in [-0.3, -0.25) is 14.7 Å². The molecule has 4 amide bonds. The van der Waals surface area contributed by atoms with Crippen LogP contribution in [0.15, 0.2) is 43.0 Å². The molecule has 1 saturated heterocycles. The Kier molecular flexibility index (Phi) is 10.2. The molecule has 0 saturated carbocycles. The third-order valence-electron chi connectivity index (χ3n) is 8.03. The van der Waals surface area contributed by atoms with Crippen LogP contribution in [0.1, 0.15) is 40.3 Å². The van der Waals surface area contributed by atoms with Gasteiger partial charge in [0.2, 0.25) is 0 Å². The maximum absolute atomic E-state index is 12.8. The van der Waals surface area contributed by atoms with E-state index in [1.54, 1.807) is 30.0 Å². The molecule has 0 radical (unpaired) electrons. The molecule has 3 aromatic rings. The maximum atomic E-state index is 12.8. The van der Waals surface area contributed by atoms with Crippen LogP contribution in [0.2, 0.25) is 18.1 Å². The second-order valence-corrected chi connectivity index (χ2v) is 16.8. The van der Waals surface area contributed by atoms with Crippen LogP contribution in [0, 0.1) is 5.92 Å². The van der Waals surface area contributed by atoms with Gasteiger partial charge in [-0.25, -0.2) is 24.5 Å². The number of carbonyl (C=O) groups excluding carboxylic acids is 3. The number of para-hydroxylation sites is 1. The summed E-state index contributed by atoms with van der Waals surface area (Å²) in [6.45, 7) is 12.8. The SMILES string of the molecule is CCOC(=O)CC1C(CNC(=O)NC)OC(n2cnc3c(NC(=O)Nc4ccccc4)ncnc32)C1O[Si](C)(C)C(C)(C)C. The van der Waals surface area contributed by atoms with Gasteiger partial charge in [-0.1, -0.05) is 39.0 Å². The van der Waals surface area contributed by atoms with Gasteiger partial charge >= 0.3 is 18.0 Å². The topological polar surface area (TPSA) is 171 Å². The van der Waals surface area contributed by atoms with Gasteiger partial charge in [0, 0.05) is 25.2 Å². The average Bonchev–Trinajstić information content (AvgIpc) is 3.53. The first kappa shape index (κ1) is 32.8. The highest BCUT2D eigenvalue weighted by molar-refractivity contribution is 6.74. The third-order valence-corrected chi connectivity index (χ3v) is 12.5. The molecule has 0 bridgehead atoms. The van der Waals surface area contributed by atoms with Gasteiger partial charge < -0.3 is 29.9 Å². The van der Waals surface area contributed by atoms with Crippen molar-refractivity contribution in [1.82, 2.24) is 30.2 Å². The van der Waals surface area contributed by atoms with Gasteiger partial charge in [0.15, 0.2) is 31.5 Å². The van der Waals surface area contributed by atoms with E-state index in [4.69, 9.17) is 13.9 Å². The van der Waals surface area contributed by atoms with Crippen LogP contribution in [-0.2, 0) is 18.7 Å². The molecule has 4 atom stereocenters. The second kappa shape index (κ2) is 13.7. The van der Waals surface area contributed by atoms with Crippen molar-refractivity contribution < 1.29 is 28.3 Å². The number of fused-ring (bicyclic) bond motifs is 1. The lowest BCUT2D eigenvalue weighted by molar-refractivity contribution is -0.145. The summed E-state index contributed by atoms with van der Waals surface area (Å²) < 4.78 is 20.6. The molecule has 44 heavy (non-hydrogen) atoms. The average molecular weight is 627 g/mol. The zero-order chi connectivity index (χ0) is 32.1. The van der Waals surface area contributed by atoms with Crippen LogP contribution in [-0.4, -0.2) is 78.3 Å². The Labute approximate surface area is 257 Å². The minimum Gasteiger partial charge on any atom is -0.466 e. The Bertz CT molecular complexity index is 1460. The van der Waals surface area contributed by atoms with Crippen molar-refractivity contribution >= 4 is 49.0 Å².